The monoisotopic (exact) mass is 320 g/mol. The first-order valence-corrected chi connectivity index (χ1v) is 7.28. The first-order chi connectivity index (χ1) is 10.8. The molecule has 0 amide bonds. The second-order valence-electron chi connectivity index (χ2n) is 6.31. The quantitative estimate of drug-likeness (QED) is 0.857. The highest BCUT2D eigenvalue weighted by Gasteiger charge is 2.26. The van der Waals surface area contributed by atoms with Crippen LogP contribution in [-0.2, 0) is 11.4 Å². The molecular formula is C16H21FN4O2. The molecule has 0 bridgehead atoms. The molecule has 7 heteroatoms. The number of esters is 1. The van der Waals surface area contributed by atoms with Gasteiger partial charge in [0.05, 0.1) is 13.8 Å². The van der Waals surface area contributed by atoms with Crippen molar-refractivity contribution in [3.63, 3.8) is 0 Å². The number of benzene rings is 1. The second-order valence-corrected chi connectivity index (χ2v) is 6.31. The van der Waals surface area contributed by atoms with Crippen molar-refractivity contribution in [3.8, 4) is 0 Å². The molecule has 0 aliphatic rings. The number of halogens is 1. The summed E-state index contributed by atoms with van der Waals surface area (Å²) in [4.78, 5) is 15.3. The first kappa shape index (κ1) is 17.1. The number of carbonyl (C=O) groups excluding carboxylic acids is 1. The smallest absolute Gasteiger partial charge is 0.377 e. The number of aromatic nitrogens is 3. The summed E-state index contributed by atoms with van der Waals surface area (Å²) in [5, 5.41) is 7.42. The minimum atomic E-state index is -0.574. The summed E-state index contributed by atoms with van der Waals surface area (Å²) in [5.74, 6) is -0.821. The van der Waals surface area contributed by atoms with E-state index in [0.717, 1.165) is 5.56 Å². The molecule has 2 rings (SSSR count). The summed E-state index contributed by atoms with van der Waals surface area (Å²) < 4.78 is 19.2. The van der Waals surface area contributed by atoms with Gasteiger partial charge in [-0.15, -0.1) is 5.10 Å². The fraction of sp³-hybridized carbons (Fsp3) is 0.438. The Morgan fingerprint density at radius 2 is 2.00 bits per heavy atom. The van der Waals surface area contributed by atoms with E-state index in [1.807, 2.05) is 0 Å². The van der Waals surface area contributed by atoms with E-state index in [1.54, 1.807) is 12.1 Å². The third kappa shape index (κ3) is 4.35. The van der Waals surface area contributed by atoms with Gasteiger partial charge >= 0.3 is 5.97 Å². The summed E-state index contributed by atoms with van der Waals surface area (Å²) >= 11 is 0. The molecule has 6 nitrogen and oxygen atoms in total. The number of methoxy groups -OCH3 is 1. The molecule has 0 saturated carbocycles. The van der Waals surface area contributed by atoms with Crippen LogP contribution >= 0.6 is 0 Å². The van der Waals surface area contributed by atoms with E-state index in [-0.39, 0.29) is 23.1 Å². The van der Waals surface area contributed by atoms with Crippen LogP contribution in [0.2, 0.25) is 0 Å². The summed E-state index contributed by atoms with van der Waals surface area (Å²) in [6, 6.07) is 6.40. The molecule has 1 atom stereocenters. The Labute approximate surface area is 134 Å². The lowest BCUT2D eigenvalue weighted by Gasteiger charge is -2.32. The zero-order chi connectivity index (χ0) is 17.0. The fourth-order valence-electron chi connectivity index (χ4n) is 2.32. The molecule has 0 unspecified atom stereocenters. The SMILES string of the molecule is COC(=O)c1ncn(CN[C@@H](c2ccc(F)cc2)C(C)(C)C)n1. The van der Waals surface area contributed by atoms with Crippen molar-refractivity contribution in [2.24, 2.45) is 5.41 Å². The third-order valence-electron chi connectivity index (χ3n) is 3.43. The van der Waals surface area contributed by atoms with Crippen LogP contribution in [0.25, 0.3) is 0 Å². The Morgan fingerprint density at radius 3 is 2.57 bits per heavy atom. The molecular weight excluding hydrogens is 299 g/mol. The highest BCUT2D eigenvalue weighted by molar-refractivity contribution is 5.84. The number of ether oxygens (including phenoxy) is 1. The van der Waals surface area contributed by atoms with Gasteiger partial charge in [0.1, 0.15) is 12.1 Å². The van der Waals surface area contributed by atoms with E-state index in [1.165, 1.54) is 30.3 Å². The molecule has 0 aliphatic carbocycles. The first-order valence-electron chi connectivity index (χ1n) is 7.28. The van der Waals surface area contributed by atoms with Crippen molar-refractivity contribution in [2.75, 3.05) is 7.11 Å². The lowest BCUT2D eigenvalue weighted by atomic mass is 9.82. The van der Waals surface area contributed by atoms with Gasteiger partial charge in [0.15, 0.2) is 0 Å². The Morgan fingerprint density at radius 1 is 1.35 bits per heavy atom. The highest BCUT2D eigenvalue weighted by atomic mass is 19.1. The molecule has 0 fully saturated rings. The maximum atomic E-state index is 13.1. The molecule has 0 spiro atoms. The number of nitrogens with one attached hydrogen (secondary N) is 1. The van der Waals surface area contributed by atoms with Crippen molar-refractivity contribution in [2.45, 2.75) is 33.5 Å². The molecule has 0 aliphatic heterocycles. The Balaban J connectivity index is 2.11. The molecule has 1 N–H and O–H groups in total. The van der Waals surface area contributed by atoms with E-state index in [9.17, 15) is 9.18 Å². The van der Waals surface area contributed by atoms with Gasteiger partial charge in [-0.1, -0.05) is 32.9 Å². The largest absolute Gasteiger partial charge is 0.463 e. The van der Waals surface area contributed by atoms with Gasteiger partial charge in [-0.3, -0.25) is 5.32 Å². The molecule has 1 heterocycles. The van der Waals surface area contributed by atoms with Crippen molar-refractivity contribution in [1.29, 1.82) is 0 Å². The summed E-state index contributed by atoms with van der Waals surface area (Å²) in [5.41, 5.74) is 0.885. The predicted molar refractivity (Wildman–Crippen MR) is 83.1 cm³/mol. The number of nitrogens with zero attached hydrogens (tertiary/aromatic N) is 3. The molecule has 1 aromatic heterocycles. The number of hydrogen-bond donors (Lipinski definition) is 1. The molecule has 0 radical (unpaired) electrons. The van der Waals surface area contributed by atoms with E-state index < -0.39 is 5.97 Å². The van der Waals surface area contributed by atoms with Gasteiger partial charge in [0.25, 0.3) is 5.82 Å². The van der Waals surface area contributed by atoms with E-state index >= 15 is 0 Å². The molecule has 124 valence electrons. The summed E-state index contributed by atoms with van der Waals surface area (Å²) in [6.45, 7) is 6.64. The fourth-order valence-corrected chi connectivity index (χ4v) is 2.32. The molecule has 0 saturated heterocycles. The van der Waals surface area contributed by atoms with Crippen LogP contribution in [0.15, 0.2) is 30.6 Å². The van der Waals surface area contributed by atoms with Gasteiger partial charge in [-0.25, -0.2) is 18.9 Å². The van der Waals surface area contributed by atoms with Crippen molar-refractivity contribution >= 4 is 5.97 Å². The minimum absolute atomic E-state index is 0.0170. The van der Waals surface area contributed by atoms with Gasteiger partial charge in [0.2, 0.25) is 0 Å². The van der Waals surface area contributed by atoms with Crippen LogP contribution in [0.4, 0.5) is 4.39 Å². The van der Waals surface area contributed by atoms with Crippen LogP contribution in [0.3, 0.4) is 0 Å². The summed E-state index contributed by atoms with van der Waals surface area (Å²) in [6.07, 6.45) is 1.46. The maximum Gasteiger partial charge on any atom is 0.377 e. The molecule has 23 heavy (non-hydrogen) atoms. The highest BCUT2D eigenvalue weighted by Crippen LogP contribution is 2.32. The van der Waals surface area contributed by atoms with Crippen molar-refractivity contribution in [1.82, 2.24) is 20.1 Å². The van der Waals surface area contributed by atoms with E-state index in [4.69, 9.17) is 0 Å². The number of carbonyl (C=O) groups is 1. The Hall–Kier alpha value is -2.28. The van der Waals surface area contributed by atoms with Crippen LogP contribution in [-0.4, -0.2) is 27.8 Å². The van der Waals surface area contributed by atoms with E-state index in [0.29, 0.717) is 6.67 Å². The van der Waals surface area contributed by atoms with Crippen molar-refractivity contribution in [3.05, 3.63) is 47.8 Å². The van der Waals surface area contributed by atoms with Crippen LogP contribution in [0.5, 0.6) is 0 Å². The topological polar surface area (TPSA) is 69.0 Å². The van der Waals surface area contributed by atoms with Crippen LogP contribution in [0.1, 0.15) is 43.0 Å². The maximum absolute atomic E-state index is 13.1. The second kappa shape index (κ2) is 6.87. The van der Waals surface area contributed by atoms with E-state index in [2.05, 4.69) is 40.9 Å². The van der Waals surface area contributed by atoms with Gasteiger partial charge < -0.3 is 4.74 Å². The van der Waals surface area contributed by atoms with Crippen LogP contribution in [0, 0.1) is 11.2 Å². The summed E-state index contributed by atoms with van der Waals surface area (Å²) in [7, 11) is 1.28. The zero-order valence-corrected chi connectivity index (χ0v) is 13.7. The lowest BCUT2D eigenvalue weighted by Crippen LogP contribution is -2.34. The molecule has 1 aromatic carbocycles. The van der Waals surface area contributed by atoms with Crippen molar-refractivity contribution < 1.29 is 13.9 Å². The number of hydrogen-bond acceptors (Lipinski definition) is 5. The Bertz CT molecular complexity index is 661. The minimum Gasteiger partial charge on any atom is -0.463 e. The predicted octanol–water partition coefficient (Wildman–Crippen LogP) is 2.54. The van der Waals surface area contributed by atoms with Gasteiger partial charge in [-0.05, 0) is 23.1 Å². The van der Waals surface area contributed by atoms with Gasteiger partial charge in [0, 0.05) is 6.04 Å². The average molecular weight is 320 g/mol. The average Bonchev–Trinajstić information content (AvgIpc) is 2.96. The van der Waals surface area contributed by atoms with Crippen LogP contribution < -0.4 is 5.32 Å². The standard InChI is InChI=1S/C16H21FN4O2/c1-16(2,3)13(11-5-7-12(17)8-6-11)18-9-21-10-19-14(20-21)15(22)23-4/h5-8,10,13,18H,9H2,1-4H3/t13-/m0/s1. The molecule has 2 aromatic rings. The Kier molecular flexibility index (Phi) is 5.10. The number of rotatable bonds is 5. The third-order valence-corrected chi connectivity index (χ3v) is 3.43. The zero-order valence-electron chi connectivity index (χ0n) is 13.7. The lowest BCUT2D eigenvalue weighted by molar-refractivity contribution is 0.0586. The van der Waals surface area contributed by atoms with Gasteiger partial charge in [-0.2, -0.15) is 0 Å². The normalized spacial score (nSPS) is 12.9.